The molecular formula is C15H18ClNO3. The number of halogens is 1. The minimum absolute atomic E-state index is 0.471. The predicted octanol–water partition coefficient (Wildman–Crippen LogP) is 2.47. The van der Waals surface area contributed by atoms with Crippen molar-refractivity contribution in [1.82, 2.24) is 5.32 Å². The molecule has 0 spiro atoms. The van der Waals surface area contributed by atoms with E-state index in [2.05, 4.69) is 5.32 Å². The SMILES string of the molecule is O=Cc1cc(Cl)c(CC2CCNCC2)c2c1OCCO2. The highest BCUT2D eigenvalue weighted by molar-refractivity contribution is 6.32. The number of hydrogen-bond donors (Lipinski definition) is 1. The van der Waals surface area contributed by atoms with Crippen molar-refractivity contribution in [2.75, 3.05) is 26.3 Å². The fraction of sp³-hybridized carbons (Fsp3) is 0.533. The van der Waals surface area contributed by atoms with Gasteiger partial charge in [-0.3, -0.25) is 4.79 Å². The van der Waals surface area contributed by atoms with Gasteiger partial charge in [-0.2, -0.15) is 0 Å². The standard InChI is InChI=1S/C15H18ClNO3/c16-13-8-11(9-18)14-15(20-6-5-19-14)12(13)7-10-1-3-17-4-2-10/h8-10,17H,1-7H2. The highest BCUT2D eigenvalue weighted by Gasteiger charge is 2.25. The van der Waals surface area contributed by atoms with E-state index in [4.69, 9.17) is 21.1 Å². The number of aldehydes is 1. The van der Waals surface area contributed by atoms with Gasteiger partial charge in [0.2, 0.25) is 0 Å². The maximum atomic E-state index is 11.1. The molecule has 1 aromatic rings. The molecule has 0 unspecified atom stereocenters. The second-order valence-corrected chi connectivity index (χ2v) is 5.70. The van der Waals surface area contributed by atoms with Crippen LogP contribution in [0, 0.1) is 5.92 Å². The number of nitrogens with one attached hydrogen (secondary N) is 1. The van der Waals surface area contributed by atoms with E-state index < -0.39 is 0 Å². The van der Waals surface area contributed by atoms with Crippen LogP contribution in [0.3, 0.4) is 0 Å². The molecule has 1 N–H and O–H groups in total. The Hall–Kier alpha value is -1.26. The number of rotatable bonds is 3. The quantitative estimate of drug-likeness (QED) is 0.870. The molecule has 1 saturated heterocycles. The van der Waals surface area contributed by atoms with Crippen molar-refractivity contribution < 1.29 is 14.3 Å². The van der Waals surface area contributed by atoms with Gasteiger partial charge in [-0.1, -0.05) is 11.6 Å². The molecule has 4 nitrogen and oxygen atoms in total. The fourth-order valence-electron chi connectivity index (χ4n) is 2.91. The average molecular weight is 296 g/mol. The number of hydrogen-bond acceptors (Lipinski definition) is 4. The lowest BCUT2D eigenvalue weighted by Crippen LogP contribution is -2.29. The third kappa shape index (κ3) is 2.63. The summed E-state index contributed by atoms with van der Waals surface area (Å²) in [5.74, 6) is 1.83. The van der Waals surface area contributed by atoms with Gasteiger partial charge in [-0.15, -0.1) is 0 Å². The van der Waals surface area contributed by atoms with Crippen LogP contribution in [0.1, 0.15) is 28.8 Å². The van der Waals surface area contributed by atoms with Gasteiger partial charge in [0.15, 0.2) is 17.8 Å². The fourth-order valence-corrected chi connectivity index (χ4v) is 3.19. The molecule has 2 aliphatic heterocycles. The summed E-state index contributed by atoms with van der Waals surface area (Å²) in [6.07, 6.45) is 3.93. The molecule has 3 rings (SSSR count). The smallest absolute Gasteiger partial charge is 0.172 e. The van der Waals surface area contributed by atoms with E-state index in [1.807, 2.05) is 0 Å². The third-order valence-electron chi connectivity index (χ3n) is 3.97. The second kappa shape index (κ2) is 6.02. The van der Waals surface area contributed by atoms with Gasteiger partial charge >= 0.3 is 0 Å². The first-order valence-electron chi connectivity index (χ1n) is 7.06. The highest BCUT2D eigenvalue weighted by atomic mass is 35.5. The molecule has 2 heterocycles. The van der Waals surface area contributed by atoms with Crippen LogP contribution in [0.25, 0.3) is 0 Å². The van der Waals surface area contributed by atoms with Crippen molar-refractivity contribution in [1.29, 1.82) is 0 Å². The van der Waals surface area contributed by atoms with E-state index in [9.17, 15) is 4.79 Å². The van der Waals surface area contributed by atoms with Crippen LogP contribution in [0.4, 0.5) is 0 Å². The minimum atomic E-state index is 0.471. The average Bonchev–Trinajstić information content (AvgIpc) is 2.51. The van der Waals surface area contributed by atoms with Gasteiger partial charge in [0, 0.05) is 10.6 Å². The number of carbonyl (C=O) groups excluding carboxylic acids is 1. The molecule has 0 aliphatic carbocycles. The van der Waals surface area contributed by atoms with E-state index in [0.29, 0.717) is 41.2 Å². The Labute approximate surface area is 123 Å². The van der Waals surface area contributed by atoms with Crippen molar-refractivity contribution >= 4 is 17.9 Å². The zero-order valence-corrected chi connectivity index (χ0v) is 12.0. The Morgan fingerprint density at radius 2 is 1.95 bits per heavy atom. The number of ether oxygens (including phenoxy) is 2. The monoisotopic (exact) mass is 295 g/mol. The van der Waals surface area contributed by atoms with Crippen LogP contribution in [0.5, 0.6) is 11.5 Å². The molecule has 1 aromatic carbocycles. The normalized spacial score (nSPS) is 18.9. The minimum Gasteiger partial charge on any atom is -0.486 e. The van der Waals surface area contributed by atoms with Crippen LogP contribution in [0.15, 0.2) is 6.07 Å². The van der Waals surface area contributed by atoms with E-state index in [-0.39, 0.29) is 0 Å². The van der Waals surface area contributed by atoms with Crippen molar-refractivity contribution in [3.05, 3.63) is 22.2 Å². The van der Waals surface area contributed by atoms with Gasteiger partial charge in [0.25, 0.3) is 0 Å². The Balaban J connectivity index is 1.94. The molecule has 20 heavy (non-hydrogen) atoms. The molecule has 5 heteroatoms. The molecule has 0 atom stereocenters. The summed E-state index contributed by atoms with van der Waals surface area (Å²) in [5, 5.41) is 3.97. The van der Waals surface area contributed by atoms with Crippen LogP contribution >= 0.6 is 11.6 Å². The molecule has 0 radical (unpaired) electrons. The Bertz CT molecular complexity index is 512. The van der Waals surface area contributed by atoms with Crippen LogP contribution in [0.2, 0.25) is 5.02 Å². The lowest BCUT2D eigenvalue weighted by Gasteiger charge is -2.27. The Morgan fingerprint density at radius 1 is 1.25 bits per heavy atom. The number of fused-ring (bicyclic) bond motifs is 1. The largest absolute Gasteiger partial charge is 0.486 e. The number of benzene rings is 1. The third-order valence-corrected chi connectivity index (χ3v) is 4.30. The van der Waals surface area contributed by atoms with Crippen molar-refractivity contribution in [2.45, 2.75) is 19.3 Å². The van der Waals surface area contributed by atoms with Gasteiger partial charge < -0.3 is 14.8 Å². The summed E-state index contributed by atoms with van der Waals surface area (Å²) in [5.41, 5.74) is 1.46. The van der Waals surface area contributed by atoms with E-state index in [0.717, 1.165) is 44.2 Å². The molecule has 108 valence electrons. The van der Waals surface area contributed by atoms with Gasteiger partial charge in [-0.05, 0) is 44.3 Å². The molecule has 0 saturated carbocycles. The first-order valence-corrected chi connectivity index (χ1v) is 7.44. The molecule has 0 bridgehead atoms. The predicted molar refractivity (Wildman–Crippen MR) is 77.1 cm³/mol. The van der Waals surface area contributed by atoms with Gasteiger partial charge in [0.05, 0.1) is 5.56 Å². The van der Waals surface area contributed by atoms with E-state index in [1.54, 1.807) is 6.07 Å². The molecule has 2 aliphatic rings. The number of piperidine rings is 1. The first kappa shape index (κ1) is 13.7. The summed E-state index contributed by atoms with van der Waals surface area (Å²) in [4.78, 5) is 11.1. The van der Waals surface area contributed by atoms with Crippen molar-refractivity contribution in [3.63, 3.8) is 0 Å². The molecule has 0 aromatic heterocycles. The zero-order valence-electron chi connectivity index (χ0n) is 11.3. The van der Waals surface area contributed by atoms with E-state index in [1.165, 1.54) is 0 Å². The molecule has 0 amide bonds. The molecular weight excluding hydrogens is 278 g/mol. The Morgan fingerprint density at radius 3 is 2.65 bits per heavy atom. The summed E-state index contributed by atoms with van der Waals surface area (Å²) >= 11 is 6.35. The zero-order chi connectivity index (χ0) is 13.9. The Kier molecular flexibility index (Phi) is 4.13. The summed E-state index contributed by atoms with van der Waals surface area (Å²) in [6.45, 7) is 3.08. The van der Waals surface area contributed by atoms with Crippen LogP contribution in [-0.4, -0.2) is 32.6 Å². The number of carbonyl (C=O) groups is 1. The van der Waals surface area contributed by atoms with Crippen LogP contribution < -0.4 is 14.8 Å². The summed E-state index contributed by atoms with van der Waals surface area (Å²) in [6, 6.07) is 1.69. The highest BCUT2D eigenvalue weighted by Crippen LogP contribution is 2.42. The second-order valence-electron chi connectivity index (χ2n) is 5.30. The van der Waals surface area contributed by atoms with Crippen LogP contribution in [-0.2, 0) is 6.42 Å². The molecule has 1 fully saturated rings. The summed E-state index contributed by atoms with van der Waals surface area (Å²) < 4.78 is 11.3. The lowest BCUT2D eigenvalue weighted by atomic mass is 9.90. The van der Waals surface area contributed by atoms with Gasteiger partial charge in [0.1, 0.15) is 13.2 Å². The van der Waals surface area contributed by atoms with Crippen molar-refractivity contribution in [2.24, 2.45) is 5.92 Å². The van der Waals surface area contributed by atoms with E-state index >= 15 is 0 Å². The van der Waals surface area contributed by atoms with Gasteiger partial charge in [-0.25, -0.2) is 0 Å². The maximum absolute atomic E-state index is 11.1. The lowest BCUT2D eigenvalue weighted by molar-refractivity contribution is 0.111. The maximum Gasteiger partial charge on any atom is 0.172 e. The topological polar surface area (TPSA) is 47.6 Å². The summed E-state index contributed by atoms with van der Waals surface area (Å²) in [7, 11) is 0. The first-order chi connectivity index (χ1) is 9.79. The van der Waals surface area contributed by atoms with Crippen molar-refractivity contribution in [3.8, 4) is 11.5 Å².